The van der Waals surface area contributed by atoms with Crippen molar-refractivity contribution >= 4 is 215 Å². The third-order valence-corrected chi connectivity index (χ3v) is 0. The number of hydrogen-bond donors (Lipinski definition) is 17. The molecule has 0 heterocycles. The van der Waals surface area contributed by atoms with Crippen molar-refractivity contribution in [2.45, 2.75) is 0 Å². The van der Waals surface area contributed by atoms with Crippen molar-refractivity contribution in [1.82, 2.24) is 105 Å². The molecule has 0 aliphatic rings. The molecule has 172 valence electrons. The van der Waals surface area contributed by atoms with Crippen LogP contribution in [0.3, 0.4) is 0 Å². The zero-order valence-corrected chi connectivity index (χ0v) is 50.0. The Balaban J connectivity index is 0. The van der Waals surface area contributed by atoms with Crippen LogP contribution in [0.1, 0.15) is 0 Å². The second-order valence-corrected chi connectivity index (χ2v) is 0. The van der Waals surface area contributed by atoms with Gasteiger partial charge in [0.15, 0.2) is 0 Å². The standard InChI is InChI=1S/4Li.17H3N.9Sn/h;;;;17*1H3;;;;;;;;;/q4*+1;;;;;;;;;;;;;;;;;;;;;;;;;;/p+13. The van der Waals surface area contributed by atoms with Gasteiger partial charge >= 0.3 is 75.4 Å². The Hall–Kier alpha value is 8.90. The fraction of sp³-hybridized carbons (Fsp3) is 0. The van der Waals surface area contributed by atoms with Crippen LogP contribution in [-0.2, 0) is 0 Å². The van der Waals surface area contributed by atoms with E-state index in [1.165, 1.54) is 0 Å². The number of hydrogen-bond acceptors (Lipinski definition) is 4. The first-order valence-corrected chi connectivity index (χ1v) is 0. The van der Waals surface area contributed by atoms with Crippen molar-refractivity contribution in [3.8, 4) is 0 Å². The summed E-state index contributed by atoms with van der Waals surface area (Å²) in [5.41, 5.74) is 0. The monoisotopic (exact) mass is 1410 g/mol. The molecule has 0 fully saturated rings. The number of quaternary nitrogens is 13. The van der Waals surface area contributed by atoms with E-state index in [4.69, 9.17) is 0 Å². The topological polar surface area (TPSA) is 614 Å². The van der Waals surface area contributed by atoms with Gasteiger partial charge in [0.2, 0.25) is 0 Å². The molecule has 0 aliphatic heterocycles. The first-order valence-electron chi connectivity index (χ1n) is 0. The van der Waals surface area contributed by atoms with Crippen molar-refractivity contribution in [3.05, 3.63) is 0 Å². The molecule has 0 aromatic rings. The molecule has 64 N–H and O–H groups in total. The summed E-state index contributed by atoms with van der Waals surface area (Å²) < 4.78 is 0. The van der Waals surface area contributed by atoms with E-state index >= 15 is 0 Å². The number of rotatable bonds is 0. The van der Waals surface area contributed by atoms with Gasteiger partial charge in [-0.3, -0.25) is 0 Å². The van der Waals surface area contributed by atoms with Gasteiger partial charge < -0.3 is 105 Å². The van der Waals surface area contributed by atoms with Crippen molar-refractivity contribution in [2.75, 3.05) is 0 Å². The normalized spacial score (nSPS) is 0. The second kappa shape index (κ2) is 652. The van der Waals surface area contributed by atoms with Crippen LogP contribution in [0.4, 0.5) is 0 Å². The molecule has 0 saturated carbocycles. The van der Waals surface area contributed by atoms with Gasteiger partial charge in [-0.15, -0.1) is 0 Å². The van der Waals surface area contributed by atoms with E-state index in [-0.39, 0.29) is 395 Å². The maximum atomic E-state index is 0. The first-order chi connectivity index (χ1) is 0. The summed E-state index contributed by atoms with van der Waals surface area (Å²) in [4.78, 5) is 0. The quantitative estimate of drug-likeness (QED) is 0.105. The van der Waals surface area contributed by atoms with Gasteiger partial charge in [0.05, 0.1) is 0 Å². The minimum absolute atomic E-state index is 0. The summed E-state index contributed by atoms with van der Waals surface area (Å²) in [6.45, 7) is 0. The molecular formula is H64Li4N17Sn9+17. The smallest absolute Gasteiger partial charge is 0.369 e. The van der Waals surface area contributed by atoms with Crippen molar-refractivity contribution in [2.24, 2.45) is 0 Å². The molecule has 0 aromatic heterocycles. The zero-order chi connectivity index (χ0) is 0. The summed E-state index contributed by atoms with van der Waals surface area (Å²) in [6.07, 6.45) is 0. The SMILES string of the molecule is N.N.N.N.[Li+].[Li+].[Li+].[Li+].[NH4+].[NH4+].[NH4+].[NH4+].[NH4+].[NH4+].[NH4+].[NH4+].[NH4+].[NH4+].[NH4+].[NH4+].[NH4+].[Sn].[Sn].[Sn].[Sn].[Sn].[Sn].[Sn].[Sn].[Sn]. The van der Waals surface area contributed by atoms with Gasteiger partial charge in [0.25, 0.3) is 0 Å². The maximum absolute atomic E-state index is 0. The Labute approximate surface area is 387 Å². The average molecular weight is 1400 g/mol. The van der Waals surface area contributed by atoms with E-state index in [1.807, 2.05) is 0 Å². The van der Waals surface area contributed by atoms with Crippen molar-refractivity contribution in [3.63, 3.8) is 0 Å². The van der Waals surface area contributed by atoms with Gasteiger partial charge in [-0.2, -0.15) is 0 Å². The van der Waals surface area contributed by atoms with Crippen LogP contribution in [0.25, 0.3) is 0 Å². The van der Waals surface area contributed by atoms with Crippen LogP contribution in [-0.4, -0.2) is 215 Å². The predicted octanol–water partition coefficient (Wildman–Crippen LogP) is -9.87. The Kier molecular flexibility index (Phi) is 15300. The Morgan fingerprint density at radius 2 is 0.133 bits per heavy atom. The summed E-state index contributed by atoms with van der Waals surface area (Å²) in [7, 11) is 0. The predicted molar refractivity (Wildman–Crippen MR) is 150 cm³/mol. The molecule has 30 heavy (non-hydrogen) atoms. The van der Waals surface area contributed by atoms with E-state index < -0.39 is 0 Å². The largest absolute Gasteiger partial charge is 1.00 e. The summed E-state index contributed by atoms with van der Waals surface area (Å²) in [5, 5.41) is 0. The third kappa shape index (κ3) is 601. The molecule has 0 atom stereocenters. The molecule has 0 aromatic carbocycles. The molecule has 30 heteroatoms. The molecule has 0 spiro atoms. The van der Waals surface area contributed by atoms with Gasteiger partial charge in [-0.1, -0.05) is 0 Å². The molecular weight excluding hydrogens is 1330 g/mol. The van der Waals surface area contributed by atoms with Crippen molar-refractivity contribution in [1.29, 1.82) is 0 Å². The molecule has 0 bridgehead atoms. The minimum atomic E-state index is 0. The molecule has 0 unspecified atom stereocenters. The molecule has 0 amide bonds. The van der Waals surface area contributed by atoms with Crippen LogP contribution in [0.15, 0.2) is 0 Å². The molecule has 17 nitrogen and oxygen atoms in total. The van der Waals surface area contributed by atoms with Crippen LogP contribution >= 0.6 is 0 Å². The fourth-order valence-electron chi connectivity index (χ4n) is 0. The van der Waals surface area contributed by atoms with Crippen LogP contribution in [0, 0.1) is 0 Å². The second-order valence-electron chi connectivity index (χ2n) is 0. The molecule has 36 radical (unpaired) electrons. The van der Waals surface area contributed by atoms with E-state index in [0.717, 1.165) is 0 Å². The Bertz CT molecular complexity index is 41.2. The zero-order valence-electron chi connectivity index (χ0n) is 24.3. The van der Waals surface area contributed by atoms with Crippen LogP contribution < -0.4 is 180 Å². The van der Waals surface area contributed by atoms with Crippen molar-refractivity contribution < 1.29 is 75.4 Å². The third-order valence-electron chi connectivity index (χ3n) is 0. The Morgan fingerprint density at radius 3 is 0.133 bits per heavy atom. The first kappa shape index (κ1) is 706. The van der Waals surface area contributed by atoms with E-state index in [2.05, 4.69) is 0 Å². The molecule has 0 saturated heterocycles. The molecule has 0 aliphatic carbocycles. The summed E-state index contributed by atoms with van der Waals surface area (Å²) in [6, 6.07) is 0. The van der Waals surface area contributed by atoms with E-state index in [1.54, 1.807) is 0 Å². The summed E-state index contributed by atoms with van der Waals surface area (Å²) in [5.74, 6) is 0. The minimum Gasteiger partial charge on any atom is -0.369 e. The van der Waals surface area contributed by atoms with Gasteiger partial charge in [0.1, 0.15) is 0 Å². The van der Waals surface area contributed by atoms with Crippen LogP contribution in [0.5, 0.6) is 0 Å². The van der Waals surface area contributed by atoms with Gasteiger partial charge in [0, 0.05) is 215 Å². The van der Waals surface area contributed by atoms with Gasteiger partial charge in [-0.05, 0) is 0 Å². The Morgan fingerprint density at radius 1 is 0.133 bits per heavy atom. The fourth-order valence-corrected chi connectivity index (χ4v) is 0. The van der Waals surface area contributed by atoms with E-state index in [9.17, 15) is 0 Å². The van der Waals surface area contributed by atoms with Gasteiger partial charge in [-0.25, -0.2) is 0 Å². The molecule has 0 rings (SSSR count). The van der Waals surface area contributed by atoms with E-state index in [0.29, 0.717) is 0 Å². The maximum Gasteiger partial charge on any atom is 1.00 e. The summed E-state index contributed by atoms with van der Waals surface area (Å²) >= 11 is 0. The average Bonchev–Trinajstić information content (AvgIpc) is 0. The van der Waals surface area contributed by atoms with Crippen LogP contribution in [0.2, 0.25) is 0 Å².